The molecule has 1 heterocycles. The fraction of sp³-hybridized carbons (Fsp3) is 0.235. The highest BCUT2D eigenvalue weighted by molar-refractivity contribution is 5.83. The predicted octanol–water partition coefficient (Wildman–Crippen LogP) is 4.01. The molecule has 0 spiro atoms. The van der Waals surface area contributed by atoms with Gasteiger partial charge in [0.1, 0.15) is 11.1 Å². The van der Waals surface area contributed by atoms with Gasteiger partial charge in [-0.1, -0.05) is 24.3 Å². The van der Waals surface area contributed by atoms with Crippen molar-refractivity contribution in [2.24, 2.45) is 0 Å². The van der Waals surface area contributed by atoms with Crippen LogP contribution < -0.4 is 10.4 Å². The number of hydrogen-bond acceptors (Lipinski definition) is 3. The molecule has 110 valence electrons. The molecule has 0 saturated heterocycles. The second kappa shape index (κ2) is 6.88. The van der Waals surface area contributed by atoms with Crippen molar-refractivity contribution in [3.8, 4) is 5.75 Å². The summed E-state index contributed by atoms with van der Waals surface area (Å²) in [6.45, 7) is 5.84. The highest BCUT2D eigenvalue weighted by atomic mass is 19.1. The van der Waals surface area contributed by atoms with E-state index in [4.69, 9.17) is 9.15 Å². The molecule has 4 heteroatoms. The topological polar surface area (TPSA) is 39.4 Å². The molecule has 0 N–H and O–H groups in total. The molecule has 2 rings (SSSR count). The Kier molecular flexibility index (Phi) is 4.93. The molecule has 0 fully saturated rings. The predicted molar refractivity (Wildman–Crippen MR) is 81.3 cm³/mol. The molecule has 0 radical (unpaired) electrons. The van der Waals surface area contributed by atoms with E-state index in [2.05, 4.69) is 6.58 Å². The lowest BCUT2D eigenvalue weighted by molar-refractivity contribution is 0.309. The summed E-state index contributed by atoms with van der Waals surface area (Å²) in [5.41, 5.74) is -0.694. The summed E-state index contributed by atoms with van der Waals surface area (Å²) in [5.74, 6) is -0.147. The first-order valence-corrected chi connectivity index (χ1v) is 6.77. The van der Waals surface area contributed by atoms with E-state index in [0.29, 0.717) is 30.6 Å². The van der Waals surface area contributed by atoms with Crippen LogP contribution in [0.5, 0.6) is 5.75 Å². The van der Waals surface area contributed by atoms with E-state index in [1.807, 2.05) is 19.1 Å². The third-order valence-corrected chi connectivity index (χ3v) is 3.01. The lowest BCUT2D eigenvalue weighted by atomic mass is 10.1. The van der Waals surface area contributed by atoms with Crippen LogP contribution >= 0.6 is 0 Å². The van der Waals surface area contributed by atoms with Crippen molar-refractivity contribution in [2.45, 2.75) is 19.8 Å². The monoisotopic (exact) mass is 288 g/mol. The third kappa shape index (κ3) is 3.40. The Hall–Kier alpha value is -2.36. The molecule has 0 aliphatic heterocycles. The second-order valence-corrected chi connectivity index (χ2v) is 4.54. The Morgan fingerprint density at radius 3 is 2.95 bits per heavy atom. The van der Waals surface area contributed by atoms with Crippen LogP contribution in [0.3, 0.4) is 0 Å². The van der Waals surface area contributed by atoms with Crippen molar-refractivity contribution in [1.29, 1.82) is 0 Å². The summed E-state index contributed by atoms with van der Waals surface area (Å²) in [5, 5.41) is 0.424. The molecule has 0 saturated carbocycles. The van der Waals surface area contributed by atoms with Gasteiger partial charge in [-0.2, -0.15) is 0 Å². The van der Waals surface area contributed by atoms with Crippen molar-refractivity contribution in [1.82, 2.24) is 0 Å². The summed E-state index contributed by atoms with van der Waals surface area (Å²) >= 11 is 0. The van der Waals surface area contributed by atoms with Gasteiger partial charge in [0.2, 0.25) is 0 Å². The zero-order valence-corrected chi connectivity index (χ0v) is 11.9. The van der Waals surface area contributed by atoms with Gasteiger partial charge in [-0.05, 0) is 30.9 Å². The zero-order valence-electron chi connectivity index (χ0n) is 11.9. The normalized spacial score (nSPS) is 11.1. The van der Waals surface area contributed by atoms with Gasteiger partial charge in [0.15, 0.2) is 11.6 Å². The van der Waals surface area contributed by atoms with Gasteiger partial charge >= 0.3 is 5.63 Å². The number of halogens is 1. The Labute approximate surface area is 122 Å². The van der Waals surface area contributed by atoms with Crippen LogP contribution in [0.1, 0.15) is 19.1 Å². The summed E-state index contributed by atoms with van der Waals surface area (Å²) in [4.78, 5) is 11.9. The van der Waals surface area contributed by atoms with Crippen molar-refractivity contribution in [3.63, 3.8) is 0 Å². The van der Waals surface area contributed by atoms with Crippen molar-refractivity contribution >= 4 is 10.8 Å². The van der Waals surface area contributed by atoms with Gasteiger partial charge in [0.05, 0.1) is 6.61 Å². The zero-order chi connectivity index (χ0) is 15.2. The molecule has 0 atom stereocenters. The lowest BCUT2D eigenvalue weighted by Crippen LogP contribution is -2.06. The van der Waals surface area contributed by atoms with Gasteiger partial charge in [-0.15, -0.1) is 6.58 Å². The van der Waals surface area contributed by atoms with E-state index in [-0.39, 0.29) is 11.1 Å². The minimum atomic E-state index is -0.694. The number of rotatable bonds is 6. The summed E-state index contributed by atoms with van der Waals surface area (Å²) in [6.07, 6.45) is 6.55. The van der Waals surface area contributed by atoms with Crippen LogP contribution in [-0.4, -0.2) is 6.61 Å². The van der Waals surface area contributed by atoms with E-state index >= 15 is 0 Å². The maximum Gasteiger partial charge on any atom is 0.346 e. The van der Waals surface area contributed by atoms with Crippen molar-refractivity contribution < 1.29 is 13.5 Å². The van der Waals surface area contributed by atoms with Crippen LogP contribution in [0.4, 0.5) is 4.39 Å². The van der Waals surface area contributed by atoms with E-state index in [1.165, 1.54) is 6.07 Å². The van der Waals surface area contributed by atoms with E-state index < -0.39 is 11.4 Å². The fourth-order valence-corrected chi connectivity index (χ4v) is 2.03. The number of hydrogen-bond donors (Lipinski definition) is 0. The van der Waals surface area contributed by atoms with E-state index in [0.717, 1.165) is 0 Å². The van der Waals surface area contributed by atoms with Crippen molar-refractivity contribution in [2.75, 3.05) is 6.61 Å². The van der Waals surface area contributed by atoms with Crippen LogP contribution in [0.15, 0.2) is 52.2 Å². The average Bonchev–Trinajstić information content (AvgIpc) is 2.45. The maximum atomic E-state index is 14.3. The van der Waals surface area contributed by atoms with Gasteiger partial charge in [0.25, 0.3) is 0 Å². The molecule has 0 aliphatic carbocycles. The van der Waals surface area contributed by atoms with Crippen LogP contribution in [0.25, 0.3) is 10.8 Å². The smallest absolute Gasteiger partial charge is 0.346 e. The first-order valence-electron chi connectivity index (χ1n) is 6.77. The molecule has 0 bridgehead atoms. The largest absolute Gasteiger partial charge is 0.490 e. The van der Waals surface area contributed by atoms with Crippen molar-refractivity contribution in [3.05, 3.63) is 65.0 Å². The summed E-state index contributed by atoms with van der Waals surface area (Å²) < 4.78 is 24.8. The lowest BCUT2D eigenvalue weighted by Gasteiger charge is -2.08. The van der Waals surface area contributed by atoms with E-state index in [1.54, 1.807) is 18.2 Å². The minimum absolute atomic E-state index is 0.0655. The van der Waals surface area contributed by atoms with Gasteiger partial charge in [-0.3, -0.25) is 0 Å². The molecule has 0 aliphatic rings. The Balaban J connectivity index is 2.37. The molecule has 3 nitrogen and oxygen atoms in total. The van der Waals surface area contributed by atoms with Crippen LogP contribution in [0.2, 0.25) is 0 Å². The molecule has 21 heavy (non-hydrogen) atoms. The molecule has 2 aromatic rings. The average molecular weight is 288 g/mol. The van der Waals surface area contributed by atoms with Gasteiger partial charge in [0, 0.05) is 6.42 Å². The number of ether oxygens (including phenoxy) is 1. The van der Waals surface area contributed by atoms with Gasteiger partial charge < -0.3 is 9.15 Å². The molecule has 0 amide bonds. The molecule has 1 aromatic carbocycles. The standard InChI is InChI=1S/C17H17FO3/c1-3-5-6-10-20-14-9-8-12-11-13(7-4-2)21-17(19)15(12)16(14)18/h3-5,8-9,11H,2,6-7,10H2,1H3/b5-3+. The quantitative estimate of drug-likeness (QED) is 0.595. The van der Waals surface area contributed by atoms with E-state index in [9.17, 15) is 9.18 Å². The molecular weight excluding hydrogens is 271 g/mol. The van der Waals surface area contributed by atoms with Gasteiger partial charge in [-0.25, -0.2) is 9.18 Å². The molecule has 1 aromatic heterocycles. The summed E-state index contributed by atoms with van der Waals surface area (Å²) in [6, 6.07) is 4.84. The summed E-state index contributed by atoms with van der Waals surface area (Å²) in [7, 11) is 0. The first-order chi connectivity index (χ1) is 10.2. The van der Waals surface area contributed by atoms with Crippen LogP contribution in [0, 0.1) is 5.82 Å². The Morgan fingerprint density at radius 2 is 2.24 bits per heavy atom. The third-order valence-electron chi connectivity index (χ3n) is 3.01. The Bertz CT molecular complexity index is 729. The highest BCUT2D eigenvalue weighted by Crippen LogP contribution is 2.25. The second-order valence-electron chi connectivity index (χ2n) is 4.54. The maximum absolute atomic E-state index is 14.3. The minimum Gasteiger partial charge on any atom is -0.490 e. The molecule has 0 unspecified atom stereocenters. The first kappa shape index (κ1) is 15.0. The number of fused-ring (bicyclic) bond motifs is 1. The fourth-order valence-electron chi connectivity index (χ4n) is 2.03. The SMILES string of the molecule is C=CCc1cc2ccc(OCC/C=C/C)c(F)c2c(=O)o1. The molecular formula is C17H17FO3. The Morgan fingerprint density at radius 1 is 1.43 bits per heavy atom. The number of benzene rings is 1. The number of allylic oxidation sites excluding steroid dienone is 2. The highest BCUT2D eigenvalue weighted by Gasteiger charge is 2.14. The van der Waals surface area contributed by atoms with Crippen LogP contribution in [-0.2, 0) is 6.42 Å².